The van der Waals surface area contributed by atoms with Crippen molar-refractivity contribution in [3.63, 3.8) is 0 Å². The van der Waals surface area contributed by atoms with Crippen LogP contribution >= 0.6 is 0 Å². The number of aliphatic hydroxyl groups excluding tert-OH is 1. The van der Waals surface area contributed by atoms with E-state index in [1.54, 1.807) is 0 Å². The van der Waals surface area contributed by atoms with Crippen LogP contribution in [-0.2, 0) is 4.79 Å². The summed E-state index contributed by atoms with van der Waals surface area (Å²) in [7, 11) is 0. The quantitative estimate of drug-likeness (QED) is 0.812. The van der Waals surface area contributed by atoms with Gasteiger partial charge in [0, 0.05) is 5.41 Å². The Bertz CT molecular complexity index is 421. The third-order valence-electron chi connectivity index (χ3n) is 5.57. The van der Waals surface area contributed by atoms with Gasteiger partial charge in [-0.3, -0.25) is 4.79 Å². The number of alkyl halides is 5. The van der Waals surface area contributed by atoms with Crippen LogP contribution in [0.1, 0.15) is 38.5 Å². The van der Waals surface area contributed by atoms with Gasteiger partial charge in [-0.2, -0.15) is 22.0 Å². The van der Waals surface area contributed by atoms with Crippen LogP contribution in [0.3, 0.4) is 0 Å². The average molecular weight is 312 g/mol. The molecular formula is C14H17F5O2. The van der Waals surface area contributed by atoms with Gasteiger partial charge in [0.2, 0.25) is 0 Å². The lowest BCUT2D eigenvalue weighted by Crippen LogP contribution is -2.60. The predicted octanol–water partition coefficient (Wildman–Crippen LogP) is 3.33. The number of carbonyl (C=O) groups excluding carboxylic acids is 1. The molecule has 2 nitrogen and oxygen atoms in total. The van der Waals surface area contributed by atoms with Crippen molar-refractivity contribution < 1.29 is 31.9 Å². The first kappa shape index (κ1) is 15.2. The van der Waals surface area contributed by atoms with Crippen LogP contribution in [0, 0.1) is 23.2 Å². The van der Waals surface area contributed by atoms with Crippen molar-refractivity contribution in [2.45, 2.75) is 56.7 Å². The Morgan fingerprint density at radius 3 is 1.67 bits per heavy atom. The molecule has 4 rings (SSSR count). The summed E-state index contributed by atoms with van der Waals surface area (Å²) >= 11 is 0. The average Bonchev–Trinajstić information content (AvgIpc) is 2.34. The molecule has 0 amide bonds. The number of Topliss-reactive ketones (excluding diaryl/α,β-unsaturated/α-hetero) is 1. The van der Waals surface area contributed by atoms with Gasteiger partial charge in [0.25, 0.3) is 0 Å². The molecule has 1 N–H and O–H groups in total. The number of halogens is 5. The van der Waals surface area contributed by atoms with Gasteiger partial charge in [-0.1, -0.05) is 0 Å². The fourth-order valence-electron chi connectivity index (χ4n) is 5.21. The topological polar surface area (TPSA) is 37.3 Å². The number of rotatable bonds is 3. The zero-order valence-electron chi connectivity index (χ0n) is 11.3. The third kappa shape index (κ3) is 2.28. The molecule has 0 aromatic heterocycles. The smallest absolute Gasteiger partial charge is 0.386 e. The second kappa shape index (κ2) is 4.40. The van der Waals surface area contributed by atoms with E-state index < -0.39 is 29.4 Å². The highest BCUT2D eigenvalue weighted by atomic mass is 19.4. The maximum atomic E-state index is 13.9. The lowest BCUT2D eigenvalue weighted by molar-refractivity contribution is -0.234. The number of hydrogen-bond acceptors (Lipinski definition) is 2. The minimum absolute atomic E-state index is 0.197. The first-order valence-corrected chi connectivity index (χ1v) is 7.22. The van der Waals surface area contributed by atoms with Crippen molar-refractivity contribution in [2.24, 2.45) is 23.2 Å². The van der Waals surface area contributed by atoms with E-state index in [1.165, 1.54) is 0 Å². The van der Waals surface area contributed by atoms with E-state index in [9.17, 15) is 31.9 Å². The molecule has 0 spiro atoms. The number of ketones is 1. The van der Waals surface area contributed by atoms with Crippen molar-refractivity contribution in [1.29, 1.82) is 0 Å². The summed E-state index contributed by atoms with van der Waals surface area (Å²) in [6.45, 7) is 0. The molecule has 4 fully saturated rings. The van der Waals surface area contributed by atoms with Crippen molar-refractivity contribution in [3.8, 4) is 0 Å². The van der Waals surface area contributed by atoms with Crippen LogP contribution in [0.2, 0.25) is 0 Å². The van der Waals surface area contributed by atoms with Gasteiger partial charge < -0.3 is 5.11 Å². The summed E-state index contributed by atoms with van der Waals surface area (Å²) in [6, 6.07) is 0. The van der Waals surface area contributed by atoms with Gasteiger partial charge in [-0.25, -0.2) is 0 Å². The summed E-state index contributed by atoms with van der Waals surface area (Å²) in [5.41, 5.74) is -1.22. The Kier molecular flexibility index (Phi) is 3.18. The fraction of sp³-hybridized carbons (Fsp3) is 0.929. The molecule has 0 radical (unpaired) electrons. The van der Waals surface area contributed by atoms with Gasteiger partial charge in [-0.05, 0) is 56.3 Å². The Morgan fingerprint density at radius 2 is 1.33 bits per heavy atom. The minimum atomic E-state index is -5.63. The van der Waals surface area contributed by atoms with Crippen molar-refractivity contribution >= 4 is 5.78 Å². The van der Waals surface area contributed by atoms with E-state index in [0.717, 1.165) is 19.3 Å². The highest BCUT2D eigenvalue weighted by Gasteiger charge is 2.66. The molecule has 0 saturated heterocycles. The van der Waals surface area contributed by atoms with E-state index in [0.29, 0.717) is 19.3 Å². The van der Waals surface area contributed by atoms with Gasteiger partial charge in [-0.15, -0.1) is 0 Å². The molecule has 21 heavy (non-hydrogen) atoms. The molecule has 4 aliphatic carbocycles. The molecule has 0 heterocycles. The molecule has 0 aromatic carbocycles. The fourth-order valence-corrected chi connectivity index (χ4v) is 5.21. The highest BCUT2D eigenvalue weighted by Crippen LogP contribution is 2.63. The van der Waals surface area contributed by atoms with Crippen LogP contribution in [0.4, 0.5) is 22.0 Å². The lowest BCUT2D eigenvalue weighted by atomic mass is 9.47. The summed E-state index contributed by atoms with van der Waals surface area (Å²) in [5.74, 6) is -7.30. The largest absolute Gasteiger partial charge is 0.456 e. The highest BCUT2D eigenvalue weighted by molar-refractivity contribution is 5.91. The first-order valence-electron chi connectivity index (χ1n) is 7.22. The molecule has 4 saturated carbocycles. The summed E-state index contributed by atoms with van der Waals surface area (Å²) < 4.78 is 64.8. The zero-order valence-corrected chi connectivity index (χ0v) is 11.3. The molecular weight excluding hydrogens is 295 g/mol. The van der Waals surface area contributed by atoms with E-state index >= 15 is 0 Å². The second-order valence-corrected chi connectivity index (χ2v) is 7.13. The molecule has 1 unspecified atom stereocenters. The standard InChI is InChI=1S/C14H17F5O2/c15-13(16,11(21)14(17,18)19)10(20)12-4-7-1-8(5-12)3-9(2-7)6-12/h7-10,20H,1-6H2. The summed E-state index contributed by atoms with van der Waals surface area (Å²) in [5, 5.41) is 10.0. The summed E-state index contributed by atoms with van der Waals surface area (Å²) in [6.07, 6.45) is -4.53. The Labute approximate surface area is 118 Å². The molecule has 0 aromatic rings. The first-order chi connectivity index (χ1) is 9.54. The molecule has 120 valence electrons. The third-order valence-corrected chi connectivity index (χ3v) is 5.57. The van der Waals surface area contributed by atoms with Crippen LogP contribution in [0.25, 0.3) is 0 Å². The Morgan fingerprint density at radius 1 is 0.952 bits per heavy atom. The van der Waals surface area contributed by atoms with Crippen molar-refractivity contribution in [1.82, 2.24) is 0 Å². The zero-order chi connectivity index (χ0) is 15.6. The van der Waals surface area contributed by atoms with Crippen molar-refractivity contribution in [3.05, 3.63) is 0 Å². The normalized spacial score (nSPS) is 40.4. The van der Waals surface area contributed by atoms with Gasteiger partial charge >= 0.3 is 17.9 Å². The number of carbonyl (C=O) groups is 1. The molecule has 7 heteroatoms. The molecule has 4 aliphatic rings. The van der Waals surface area contributed by atoms with Crippen molar-refractivity contribution in [2.75, 3.05) is 0 Å². The van der Waals surface area contributed by atoms with E-state index in [4.69, 9.17) is 0 Å². The van der Waals surface area contributed by atoms with E-state index in [1.807, 2.05) is 0 Å². The monoisotopic (exact) mass is 312 g/mol. The summed E-state index contributed by atoms with van der Waals surface area (Å²) in [4.78, 5) is 11.0. The molecule has 4 bridgehead atoms. The van der Waals surface area contributed by atoms with Crippen LogP contribution < -0.4 is 0 Å². The lowest BCUT2D eigenvalue weighted by Gasteiger charge is -2.58. The van der Waals surface area contributed by atoms with E-state index in [-0.39, 0.29) is 17.8 Å². The number of hydrogen-bond donors (Lipinski definition) is 1. The SMILES string of the molecule is O=C(C(F)(F)F)C(F)(F)C(O)C12CC3CC(CC(C3)C1)C2. The van der Waals surface area contributed by atoms with Crippen LogP contribution in [0.5, 0.6) is 0 Å². The Hall–Kier alpha value is -0.720. The second-order valence-electron chi connectivity index (χ2n) is 7.13. The maximum absolute atomic E-state index is 13.9. The minimum Gasteiger partial charge on any atom is -0.386 e. The van der Waals surface area contributed by atoms with E-state index in [2.05, 4.69) is 0 Å². The van der Waals surface area contributed by atoms with Gasteiger partial charge in [0.05, 0.1) is 0 Å². The maximum Gasteiger partial charge on any atom is 0.456 e. The van der Waals surface area contributed by atoms with Gasteiger partial charge in [0.15, 0.2) is 0 Å². The molecule has 0 aliphatic heterocycles. The predicted molar refractivity (Wildman–Crippen MR) is 62.6 cm³/mol. The van der Waals surface area contributed by atoms with Gasteiger partial charge in [0.1, 0.15) is 6.10 Å². The van der Waals surface area contributed by atoms with Crippen LogP contribution in [-0.4, -0.2) is 29.1 Å². The number of aliphatic hydroxyl groups is 1. The molecule has 1 atom stereocenters. The Balaban J connectivity index is 1.87. The van der Waals surface area contributed by atoms with Crippen LogP contribution in [0.15, 0.2) is 0 Å².